The average Bonchev–Trinajstić information content (AvgIpc) is 3.20. The molecule has 28 heavy (non-hydrogen) atoms. The molecule has 0 aliphatic rings. The lowest BCUT2D eigenvalue weighted by Crippen LogP contribution is -2.31. The molecule has 1 unspecified atom stereocenters. The second-order valence-corrected chi connectivity index (χ2v) is 7.58. The van der Waals surface area contributed by atoms with E-state index in [1.54, 1.807) is 25.4 Å². The summed E-state index contributed by atoms with van der Waals surface area (Å²) in [7, 11) is 3.43. The first kappa shape index (κ1) is 20.2. The molecule has 0 fully saturated rings. The van der Waals surface area contributed by atoms with Crippen LogP contribution in [0.4, 0.5) is 0 Å². The minimum Gasteiger partial charge on any atom is -0.497 e. The van der Waals surface area contributed by atoms with E-state index in [9.17, 15) is 4.79 Å². The molecule has 0 spiro atoms. The van der Waals surface area contributed by atoms with Gasteiger partial charge in [0.05, 0.1) is 18.9 Å². The van der Waals surface area contributed by atoms with Gasteiger partial charge >= 0.3 is 0 Å². The molecule has 0 N–H and O–H groups in total. The van der Waals surface area contributed by atoms with Crippen LogP contribution in [0.1, 0.15) is 18.5 Å². The summed E-state index contributed by atoms with van der Waals surface area (Å²) < 4.78 is 7.03. The van der Waals surface area contributed by atoms with Crippen molar-refractivity contribution < 1.29 is 9.53 Å². The van der Waals surface area contributed by atoms with Crippen LogP contribution >= 0.6 is 23.4 Å². The zero-order valence-electron chi connectivity index (χ0n) is 15.9. The number of hydrogen-bond donors (Lipinski definition) is 0. The molecule has 1 atom stereocenters. The summed E-state index contributed by atoms with van der Waals surface area (Å²) in [6.45, 7) is 1.99. The Kier molecular flexibility index (Phi) is 6.59. The lowest BCUT2D eigenvalue weighted by atomic mass is 10.1. The molecule has 146 valence electrons. The predicted molar refractivity (Wildman–Crippen MR) is 111 cm³/mol. The minimum absolute atomic E-state index is 0.0109. The van der Waals surface area contributed by atoms with E-state index < -0.39 is 0 Å². The van der Waals surface area contributed by atoms with Crippen molar-refractivity contribution in [1.82, 2.24) is 19.7 Å². The number of rotatable bonds is 7. The molecule has 0 aliphatic heterocycles. The monoisotopic (exact) mass is 416 g/mol. The maximum atomic E-state index is 12.7. The van der Waals surface area contributed by atoms with Crippen LogP contribution in [0.5, 0.6) is 5.75 Å². The summed E-state index contributed by atoms with van der Waals surface area (Å²) in [5.41, 5.74) is 1.94. The molecule has 3 rings (SSSR count). The Morgan fingerprint density at radius 3 is 2.54 bits per heavy atom. The van der Waals surface area contributed by atoms with Gasteiger partial charge in [-0.05, 0) is 48.9 Å². The molecule has 2 aromatic carbocycles. The van der Waals surface area contributed by atoms with Crippen LogP contribution in [-0.4, -0.2) is 45.5 Å². The molecule has 6 nitrogen and oxygen atoms in total. The van der Waals surface area contributed by atoms with E-state index in [0.29, 0.717) is 10.2 Å². The lowest BCUT2D eigenvalue weighted by Gasteiger charge is -2.25. The smallest absolute Gasteiger partial charge is 0.233 e. The Hall–Kier alpha value is -2.51. The van der Waals surface area contributed by atoms with Crippen molar-refractivity contribution >= 4 is 29.3 Å². The van der Waals surface area contributed by atoms with E-state index in [1.165, 1.54) is 11.8 Å². The Bertz CT molecular complexity index is 928. The molecule has 8 heteroatoms. The van der Waals surface area contributed by atoms with E-state index >= 15 is 0 Å². The van der Waals surface area contributed by atoms with Gasteiger partial charge in [-0.3, -0.25) is 9.36 Å². The van der Waals surface area contributed by atoms with Gasteiger partial charge in [0.2, 0.25) is 5.91 Å². The van der Waals surface area contributed by atoms with E-state index in [2.05, 4.69) is 10.2 Å². The van der Waals surface area contributed by atoms with Crippen molar-refractivity contribution in [2.45, 2.75) is 18.1 Å². The Labute approximate surface area is 173 Å². The van der Waals surface area contributed by atoms with Gasteiger partial charge in [-0.2, -0.15) is 0 Å². The second kappa shape index (κ2) is 9.12. The Balaban J connectivity index is 1.64. The number of carbonyl (C=O) groups excluding carboxylic acids is 1. The van der Waals surface area contributed by atoms with Crippen molar-refractivity contribution in [2.24, 2.45) is 0 Å². The fourth-order valence-electron chi connectivity index (χ4n) is 2.65. The van der Waals surface area contributed by atoms with Crippen LogP contribution < -0.4 is 4.74 Å². The topological polar surface area (TPSA) is 60.2 Å². The van der Waals surface area contributed by atoms with E-state index in [0.717, 1.165) is 17.0 Å². The molecule has 0 bridgehead atoms. The highest BCUT2D eigenvalue weighted by atomic mass is 35.5. The number of aromatic nitrogens is 3. The van der Waals surface area contributed by atoms with Gasteiger partial charge in [0, 0.05) is 17.8 Å². The molecule has 1 aromatic heterocycles. The standard InChI is InChI=1S/C20H21ClN4O2S/c1-14(15-4-6-16(21)7-5-15)24(2)19(26)12-28-20-23-22-13-25(20)17-8-10-18(27-3)11-9-17/h4-11,13-14H,12H2,1-3H3. The number of methoxy groups -OCH3 is 1. The number of amides is 1. The van der Waals surface area contributed by atoms with Crippen LogP contribution in [0.15, 0.2) is 60.0 Å². The summed E-state index contributed by atoms with van der Waals surface area (Å²) in [4.78, 5) is 14.4. The zero-order valence-corrected chi connectivity index (χ0v) is 17.4. The van der Waals surface area contributed by atoms with Gasteiger partial charge in [-0.25, -0.2) is 0 Å². The van der Waals surface area contributed by atoms with Gasteiger partial charge in [-0.1, -0.05) is 35.5 Å². The Morgan fingerprint density at radius 2 is 1.89 bits per heavy atom. The number of ether oxygens (including phenoxy) is 1. The number of thioether (sulfide) groups is 1. The first-order valence-corrected chi connectivity index (χ1v) is 10.0. The summed E-state index contributed by atoms with van der Waals surface area (Å²) in [6, 6.07) is 15.1. The lowest BCUT2D eigenvalue weighted by molar-refractivity contribution is -0.128. The van der Waals surface area contributed by atoms with Crippen molar-refractivity contribution in [3.05, 3.63) is 65.4 Å². The fourth-order valence-corrected chi connectivity index (χ4v) is 3.63. The number of carbonyl (C=O) groups is 1. The van der Waals surface area contributed by atoms with Crippen molar-refractivity contribution in [1.29, 1.82) is 0 Å². The van der Waals surface area contributed by atoms with Crippen LogP contribution in [0.25, 0.3) is 5.69 Å². The van der Waals surface area contributed by atoms with E-state index in [4.69, 9.17) is 16.3 Å². The maximum Gasteiger partial charge on any atom is 0.233 e. The molecule has 0 radical (unpaired) electrons. The summed E-state index contributed by atoms with van der Waals surface area (Å²) in [6.07, 6.45) is 1.63. The number of benzene rings is 2. The van der Waals surface area contributed by atoms with Crippen LogP contribution in [-0.2, 0) is 4.79 Å². The van der Waals surface area contributed by atoms with Gasteiger partial charge in [-0.15, -0.1) is 10.2 Å². The molecule has 0 aliphatic carbocycles. The van der Waals surface area contributed by atoms with E-state index in [-0.39, 0.29) is 17.7 Å². The molecule has 0 saturated carbocycles. The second-order valence-electron chi connectivity index (χ2n) is 6.20. The summed E-state index contributed by atoms with van der Waals surface area (Å²) >= 11 is 7.30. The summed E-state index contributed by atoms with van der Waals surface area (Å²) in [5, 5.41) is 9.45. The molecule has 1 amide bonds. The summed E-state index contributed by atoms with van der Waals surface area (Å²) in [5.74, 6) is 1.05. The van der Waals surface area contributed by atoms with Gasteiger partial charge in [0.15, 0.2) is 5.16 Å². The SMILES string of the molecule is COc1ccc(-n2cnnc2SCC(=O)N(C)C(C)c2ccc(Cl)cc2)cc1. The largest absolute Gasteiger partial charge is 0.497 e. The molecular formula is C20H21ClN4O2S. The number of nitrogens with zero attached hydrogens (tertiary/aromatic N) is 4. The van der Waals surface area contributed by atoms with Crippen molar-refractivity contribution in [3.63, 3.8) is 0 Å². The van der Waals surface area contributed by atoms with E-state index in [1.807, 2.05) is 60.0 Å². The Morgan fingerprint density at radius 1 is 1.21 bits per heavy atom. The van der Waals surface area contributed by atoms with Gasteiger partial charge < -0.3 is 9.64 Å². The first-order chi connectivity index (χ1) is 13.5. The normalized spacial score (nSPS) is 11.9. The third kappa shape index (κ3) is 4.66. The fraction of sp³-hybridized carbons (Fsp3) is 0.250. The third-order valence-corrected chi connectivity index (χ3v) is 5.70. The van der Waals surface area contributed by atoms with Crippen molar-refractivity contribution in [3.8, 4) is 11.4 Å². The van der Waals surface area contributed by atoms with Crippen LogP contribution in [0.3, 0.4) is 0 Å². The molecule has 1 heterocycles. The first-order valence-electron chi connectivity index (χ1n) is 8.68. The quantitative estimate of drug-likeness (QED) is 0.539. The predicted octanol–water partition coefficient (Wildman–Crippen LogP) is 4.24. The molecule has 3 aromatic rings. The highest BCUT2D eigenvalue weighted by molar-refractivity contribution is 7.99. The van der Waals surface area contributed by atoms with Crippen molar-refractivity contribution in [2.75, 3.05) is 19.9 Å². The highest BCUT2D eigenvalue weighted by Crippen LogP contribution is 2.24. The molecule has 0 saturated heterocycles. The maximum absolute atomic E-state index is 12.7. The zero-order chi connectivity index (χ0) is 20.1. The van der Waals surface area contributed by atoms with Gasteiger partial charge in [0.25, 0.3) is 0 Å². The molecular weight excluding hydrogens is 396 g/mol. The average molecular weight is 417 g/mol. The highest BCUT2D eigenvalue weighted by Gasteiger charge is 2.19. The number of hydrogen-bond acceptors (Lipinski definition) is 5. The third-order valence-electron chi connectivity index (χ3n) is 4.52. The minimum atomic E-state index is -0.0511. The van der Waals surface area contributed by atoms with Crippen LogP contribution in [0.2, 0.25) is 5.02 Å². The van der Waals surface area contributed by atoms with Gasteiger partial charge in [0.1, 0.15) is 12.1 Å². The van der Waals surface area contributed by atoms with Crippen LogP contribution in [0, 0.1) is 0 Å². The number of halogens is 1.